The van der Waals surface area contributed by atoms with E-state index in [9.17, 15) is 9.90 Å². The van der Waals surface area contributed by atoms with Gasteiger partial charge in [0.25, 0.3) is 0 Å². The SMILES string of the molecule is COc1csc(-c2nnnn2C(C)(C)C(=O)O)c1. The summed E-state index contributed by atoms with van der Waals surface area (Å²) in [7, 11) is 1.57. The van der Waals surface area contributed by atoms with E-state index >= 15 is 0 Å². The molecule has 7 nitrogen and oxygen atoms in total. The van der Waals surface area contributed by atoms with Crippen molar-refractivity contribution in [2.45, 2.75) is 19.4 Å². The van der Waals surface area contributed by atoms with Gasteiger partial charge in [0.15, 0.2) is 11.4 Å². The smallest absolute Gasteiger partial charge is 0.331 e. The van der Waals surface area contributed by atoms with Gasteiger partial charge in [0.2, 0.25) is 0 Å². The monoisotopic (exact) mass is 268 g/mol. The van der Waals surface area contributed by atoms with Crippen molar-refractivity contribution in [3.05, 3.63) is 11.4 Å². The molecule has 0 atom stereocenters. The van der Waals surface area contributed by atoms with Gasteiger partial charge in [-0.25, -0.2) is 9.48 Å². The van der Waals surface area contributed by atoms with Crippen LogP contribution in [0.15, 0.2) is 11.4 Å². The number of carbonyl (C=O) groups is 1. The number of hydrogen-bond donors (Lipinski definition) is 1. The minimum absolute atomic E-state index is 0.413. The summed E-state index contributed by atoms with van der Waals surface area (Å²) in [6, 6.07) is 1.77. The summed E-state index contributed by atoms with van der Waals surface area (Å²) in [5.74, 6) is 0.105. The molecule has 0 aliphatic heterocycles. The number of aromatic nitrogens is 4. The first kappa shape index (κ1) is 12.5. The predicted molar refractivity (Wildman–Crippen MR) is 64.6 cm³/mol. The Labute approximate surface area is 107 Å². The maximum Gasteiger partial charge on any atom is 0.331 e. The molecule has 0 radical (unpaired) electrons. The maximum absolute atomic E-state index is 11.2. The second-order valence-corrected chi connectivity index (χ2v) is 5.04. The molecule has 0 saturated heterocycles. The van der Waals surface area contributed by atoms with Crippen LogP contribution in [0.2, 0.25) is 0 Å². The van der Waals surface area contributed by atoms with Crippen molar-refractivity contribution in [2.24, 2.45) is 0 Å². The minimum atomic E-state index is -1.21. The van der Waals surface area contributed by atoms with E-state index in [1.807, 2.05) is 5.38 Å². The van der Waals surface area contributed by atoms with E-state index in [-0.39, 0.29) is 0 Å². The van der Waals surface area contributed by atoms with Crippen LogP contribution in [-0.2, 0) is 10.3 Å². The first-order valence-electron chi connectivity index (χ1n) is 5.12. The van der Waals surface area contributed by atoms with Gasteiger partial charge in [0.05, 0.1) is 12.0 Å². The molecule has 0 spiro atoms. The van der Waals surface area contributed by atoms with Crippen molar-refractivity contribution in [3.63, 3.8) is 0 Å². The molecule has 0 bridgehead atoms. The Balaban J connectivity index is 2.48. The predicted octanol–water partition coefficient (Wildman–Crippen LogP) is 1.23. The lowest BCUT2D eigenvalue weighted by Gasteiger charge is -2.19. The highest BCUT2D eigenvalue weighted by molar-refractivity contribution is 7.13. The number of thiophene rings is 1. The van der Waals surface area contributed by atoms with Crippen LogP contribution in [-0.4, -0.2) is 38.4 Å². The molecular formula is C10H12N4O3S. The van der Waals surface area contributed by atoms with Gasteiger partial charge in [0, 0.05) is 11.4 Å². The fourth-order valence-corrected chi connectivity index (χ4v) is 2.18. The van der Waals surface area contributed by atoms with Crippen LogP contribution in [0.1, 0.15) is 13.8 Å². The fourth-order valence-electron chi connectivity index (χ4n) is 1.35. The topological polar surface area (TPSA) is 90.1 Å². The molecule has 2 aromatic heterocycles. The zero-order valence-electron chi connectivity index (χ0n) is 10.1. The molecule has 96 valence electrons. The number of methoxy groups -OCH3 is 1. The van der Waals surface area contributed by atoms with Gasteiger partial charge in [-0.05, 0) is 24.3 Å². The second kappa shape index (κ2) is 4.37. The number of hydrogen-bond acceptors (Lipinski definition) is 6. The molecule has 0 aliphatic carbocycles. The van der Waals surface area contributed by atoms with Gasteiger partial charge < -0.3 is 9.84 Å². The van der Waals surface area contributed by atoms with Gasteiger partial charge in [-0.3, -0.25) is 0 Å². The lowest BCUT2D eigenvalue weighted by atomic mass is 10.1. The lowest BCUT2D eigenvalue weighted by molar-refractivity contribution is -0.146. The molecule has 0 aromatic carbocycles. The minimum Gasteiger partial charge on any atom is -0.496 e. The summed E-state index contributed by atoms with van der Waals surface area (Å²) < 4.78 is 6.37. The highest BCUT2D eigenvalue weighted by Crippen LogP contribution is 2.31. The summed E-state index contributed by atoms with van der Waals surface area (Å²) in [6.45, 7) is 3.08. The van der Waals surface area contributed by atoms with E-state index in [0.717, 1.165) is 4.88 Å². The van der Waals surface area contributed by atoms with Crippen molar-refractivity contribution < 1.29 is 14.6 Å². The number of carboxylic acid groups (broad SMARTS) is 1. The average molecular weight is 268 g/mol. The van der Waals surface area contributed by atoms with Crippen LogP contribution in [0.25, 0.3) is 10.7 Å². The van der Waals surface area contributed by atoms with Crippen LogP contribution in [0.3, 0.4) is 0 Å². The molecule has 0 fully saturated rings. The van der Waals surface area contributed by atoms with Gasteiger partial charge >= 0.3 is 5.97 Å². The normalized spacial score (nSPS) is 11.5. The van der Waals surface area contributed by atoms with Crippen molar-refractivity contribution in [1.29, 1.82) is 0 Å². The molecule has 0 aliphatic rings. The third-order valence-corrected chi connectivity index (χ3v) is 3.46. The Kier molecular flexibility index (Phi) is 3.04. The summed E-state index contributed by atoms with van der Waals surface area (Å²) in [4.78, 5) is 12.0. The average Bonchev–Trinajstić information content (AvgIpc) is 2.97. The molecule has 2 aromatic rings. The van der Waals surface area contributed by atoms with Crippen LogP contribution < -0.4 is 4.74 Å². The van der Waals surface area contributed by atoms with Crippen molar-refractivity contribution in [3.8, 4) is 16.5 Å². The summed E-state index contributed by atoms with van der Waals surface area (Å²) >= 11 is 1.39. The Morgan fingerprint density at radius 1 is 1.56 bits per heavy atom. The zero-order chi connectivity index (χ0) is 13.3. The van der Waals surface area contributed by atoms with Crippen LogP contribution >= 0.6 is 11.3 Å². The van der Waals surface area contributed by atoms with Crippen molar-refractivity contribution in [1.82, 2.24) is 20.2 Å². The van der Waals surface area contributed by atoms with Crippen LogP contribution in [0.4, 0.5) is 0 Å². The van der Waals surface area contributed by atoms with Crippen LogP contribution in [0, 0.1) is 0 Å². The third-order valence-electron chi connectivity index (χ3n) is 2.55. The molecule has 1 N–H and O–H groups in total. The van der Waals surface area contributed by atoms with Gasteiger partial charge in [0.1, 0.15) is 5.75 Å². The quantitative estimate of drug-likeness (QED) is 0.897. The molecule has 2 rings (SSSR count). The number of ether oxygens (including phenoxy) is 1. The number of nitrogens with zero attached hydrogens (tertiary/aromatic N) is 4. The van der Waals surface area contributed by atoms with E-state index in [2.05, 4.69) is 15.5 Å². The molecular weight excluding hydrogens is 256 g/mol. The van der Waals surface area contributed by atoms with Gasteiger partial charge in [-0.1, -0.05) is 0 Å². The molecule has 0 saturated carbocycles. The molecule has 18 heavy (non-hydrogen) atoms. The summed E-state index contributed by atoms with van der Waals surface area (Å²) in [5.41, 5.74) is -1.21. The highest BCUT2D eigenvalue weighted by atomic mass is 32.1. The van der Waals surface area contributed by atoms with Crippen LogP contribution in [0.5, 0.6) is 5.75 Å². The largest absolute Gasteiger partial charge is 0.496 e. The summed E-state index contributed by atoms with van der Waals surface area (Å²) in [5, 5.41) is 22.2. The van der Waals surface area contributed by atoms with Gasteiger partial charge in [-0.15, -0.1) is 16.4 Å². The number of rotatable bonds is 4. The summed E-state index contributed by atoms with van der Waals surface area (Å²) in [6.07, 6.45) is 0. The van der Waals surface area contributed by atoms with Gasteiger partial charge in [-0.2, -0.15) is 0 Å². The van der Waals surface area contributed by atoms with E-state index in [1.54, 1.807) is 27.0 Å². The fraction of sp³-hybridized carbons (Fsp3) is 0.400. The number of carboxylic acids is 1. The first-order chi connectivity index (χ1) is 8.46. The van der Waals surface area contributed by atoms with Crippen molar-refractivity contribution >= 4 is 17.3 Å². The first-order valence-corrected chi connectivity index (χ1v) is 6.00. The maximum atomic E-state index is 11.2. The highest BCUT2D eigenvalue weighted by Gasteiger charge is 2.34. The van der Waals surface area contributed by atoms with E-state index in [0.29, 0.717) is 11.6 Å². The molecule has 8 heteroatoms. The van der Waals surface area contributed by atoms with E-state index in [1.165, 1.54) is 16.0 Å². The van der Waals surface area contributed by atoms with E-state index in [4.69, 9.17) is 4.74 Å². The standard InChI is InChI=1S/C10H12N4O3S/c1-10(2,9(15)16)14-8(11-12-13-14)7-4-6(17-3)5-18-7/h4-5H,1-3H3,(H,15,16). The number of tetrazole rings is 1. The second-order valence-electron chi connectivity index (χ2n) is 4.13. The van der Waals surface area contributed by atoms with E-state index < -0.39 is 11.5 Å². The Morgan fingerprint density at radius 2 is 2.28 bits per heavy atom. The Morgan fingerprint density at radius 3 is 2.83 bits per heavy atom. The molecule has 2 heterocycles. The third kappa shape index (κ3) is 1.94. The van der Waals surface area contributed by atoms with Crippen molar-refractivity contribution in [2.75, 3.05) is 7.11 Å². The Hall–Kier alpha value is -1.96. The molecule has 0 amide bonds. The zero-order valence-corrected chi connectivity index (χ0v) is 10.9. The lowest BCUT2D eigenvalue weighted by Crippen LogP contribution is -2.37. The molecule has 0 unspecified atom stereocenters. The Bertz CT molecular complexity index is 575. The number of aliphatic carboxylic acids is 1.